The van der Waals surface area contributed by atoms with Gasteiger partial charge in [-0.15, -0.1) is 5.10 Å². The second-order valence-electron chi connectivity index (χ2n) is 3.21. The van der Waals surface area contributed by atoms with Crippen LogP contribution in [-0.2, 0) is 6.54 Å². The van der Waals surface area contributed by atoms with E-state index in [4.69, 9.17) is 0 Å². The van der Waals surface area contributed by atoms with Crippen molar-refractivity contribution in [3.05, 3.63) is 40.7 Å². The van der Waals surface area contributed by atoms with Gasteiger partial charge < -0.3 is 5.32 Å². The first-order valence-electron chi connectivity index (χ1n) is 4.51. The lowest BCUT2D eigenvalue weighted by molar-refractivity contribution is 0.618. The van der Waals surface area contributed by atoms with Gasteiger partial charge in [0.2, 0.25) is 0 Å². The van der Waals surface area contributed by atoms with E-state index < -0.39 is 0 Å². The van der Waals surface area contributed by atoms with E-state index in [0.29, 0.717) is 12.1 Å². The van der Waals surface area contributed by atoms with Crippen LogP contribution in [0.25, 0.3) is 0 Å². The molecule has 0 bridgehead atoms. The van der Waals surface area contributed by atoms with Crippen LogP contribution in [0, 0.1) is 12.7 Å². The highest BCUT2D eigenvalue weighted by atomic mass is 32.1. The van der Waals surface area contributed by atoms with Gasteiger partial charge in [-0.2, -0.15) is 0 Å². The molecule has 0 saturated heterocycles. The Bertz CT molecular complexity index is 442. The number of rotatable bonds is 3. The molecular formula is C10H10FN3S. The summed E-state index contributed by atoms with van der Waals surface area (Å²) in [4.78, 5) is 0. The Labute approximate surface area is 91.1 Å². The van der Waals surface area contributed by atoms with Crippen molar-refractivity contribution in [1.29, 1.82) is 0 Å². The largest absolute Gasteiger partial charge is 0.379 e. The molecule has 5 heteroatoms. The lowest BCUT2D eigenvalue weighted by atomic mass is 10.2. The van der Waals surface area contributed by atoms with Crippen LogP contribution in [0.5, 0.6) is 0 Å². The van der Waals surface area contributed by atoms with E-state index in [2.05, 4.69) is 14.9 Å². The third kappa shape index (κ3) is 2.50. The monoisotopic (exact) mass is 223 g/mol. The Kier molecular flexibility index (Phi) is 2.91. The first-order chi connectivity index (χ1) is 7.25. The number of halogens is 1. The Balaban J connectivity index is 2.02. The molecular weight excluding hydrogens is 213 g/mol. The number of benzene rings is 1. The Morgan fingerprint density at radius 1 is 1.47 bits per heavy atom. The summed E-state index contributed by atoms with van der Waals surface area (Å²) in [6, 6.07) is 4.94. The standard InChI is InChI=1S/C10H10FN3S/c1-7-4-8(2-3-10(7)11)12-5-9-6-15-14-13-9/h2-4,6,12H,5H2,1H3. The maximum Gasteiger partial charge on any atom is 0.126 e. The van der Waals surface area contributed by atoms with Gasteiger partial charge in [0.25, 0.3) is 0 Å². The molecule has 15 heavy (non-hydrogen) atoms. The number of anilines is 1. The van der Waals surface area contributed by atoms with Gasteiger partial charge in [-0.3, -0.25) is 0 Å². The third-order valence-electron chi connectivity index (χ3n) is 2.04. The van der Waals surface area contributed by atoms with Crippen LogP contribution in [-0.4, -0.2) is 9.59 Å². The van der Waals surface area contributed by atoms with Crippen molar-refractivity contribution < 1.29 is 4.39 Å². The third-order valence-corrected chi connectivity index (χ3v) is 2.59. The van der Waals surface area contributed by atoms with Crippen molar-refractivity contribution in [3.8, 4) is 0 Å². The smallest absolute Gasteiger partial charge is 0.126 e. The summed E-state index contributed by atoms with van der Waals surface area (Å²) in [5.41, 5.74) is 2.42. The van der Waals surface area contributed by atoms with E-state index in [9.17, 15) is 4.39 Å². The van der Waals surface area contributed by atoms with Crippen LogP contribution >= 0.6 is 11.5 Å². The molecule has 0 radical (unpaired) electrons. The van der Waals surface area contributed by atoms with Gasteiger partial charge in [-0.25, -0.2) is 4.39 Å². The summed E-state index contributed by atoms with van der Waals surface area (Å²) < 4.78 is 16.7. The van der Waals surface area contributed by atoms with Gasteiger partial charge in [0.05, 0.1) is 12.2 Å². The molecule has 0 aliphatic carbocycles. The van der Waals surface area contributed by atoms with Crippen LogP contribution in [0.2, 0.25) is 0 Å². The molecule has 0 aliphatic rings. The summed E-state index contributed by atoms with van der Waals surface area (Å²) >= 11 is 1.32. The minimum absolute atomic E-state index is 0.184. The maximum atomic E-state index is 13.0. The lowest BCUT2D eigenvalue weighted by Gasteiger charge is -2.05. The van der Waals surface area contributed by atoms with Gasteiger partial charge in [0.15, 0.2) is 0 Å². The van der Waals surface area contributed by atoms with Crippen molar-refractivity contribution >= 4 is 17.2 Å². The fourth-order valence-corrected chi connectivity index (χ4v) is 1.66. The molecule has 0 atom stereocenters. The molecule has 0 amide bonds. The van der Waals surface area contributed by atoms with E-state index in [0.717, 1.165) is 11.4 Å². The van der Waals surface area contributed by atoms with E-state index in [1.807, 2.05) is 5.38 Å². The van der Waals surface area contributed by atoms with Crippen LogP contribution < -0.4 is 5.32 Å². The van der Waals surface area contributed by atoms with E-state index in [1.165, 1.54) is 17.6 Å². The quantitative estimate of drug-likeness (QED) is 0.869. The van der Waals surface area contributed by atoms with Gasteiger partial charge in [-0.1, -0.05) is 4.49 Å². The SMILES string of the molecule is Cc1cc(NCc2csnn2)ccc1F. The zero-order valence-electron chi connectivity index (χ0n) is 8.20. The maximum absolute atomic E-state index is 13.0. The van der Waals surface area contributed by atoms with Crippen LogP contribution in [0.1, 0.15) is 11.3 Å². The van der Waals surface area contributed by atoms with Crippen LogP contribution in [0.4, 0.5) is 10.1 Å². The molecule has 1 aromatic heterocycles. The molecule has 2 aromatic rings. The number of aromatic nitrogens is 2. The highest BCUT2D eigenvalue weighted by Gasteiger charge is 2.00. The Hall–Kier alpha value is -1.49. The number of aryl methyl sites for hydroxylation is 1. The molecule has 0 spiro atoms. The fourth-order valence-electron chi connectivity index (χ4n) is 1.21. The molecule has 78 valence electrons. The summed E-state index contributed by atoms with van der Waals surface area (Å²) in [5.74, 6) is -0.184. The Morgan fingerprint density at radius 3 is 3.00 bits per heavy atom. The lowest BCUT2D eigenvalue weighted by Crippen LogP contribution is -2.00. The molecule has 0 saturated carbocycles. The van der Waals surface area contributed by atoms with Gasteiger partial charge in [0.1, 0.15) is 5.82 Å². The first-order valence-corrected chi connectivity index (χ1v) is 5.35. The molecule has 1 N–H and O–H groups in total. The van der Waals surface area contributed by atoms with Crippen LogP contribution in [0.15, 0.2) is 23.6 Å². The van der Waals surface area contributed by atoms with E-state index >= 15 is 0 Å². The number of hydrogen-bond donors (Lipinski definition) is 1. The predicted molar refractivity (Wildman–Crippen MR) is 58.4 cm³/mol. The summed E-state index contributed by atoms with van der Waals surface area (Å²) in [5, 5.41) is 8.93. The highest BCUT2D eigenvalue weighted by molar-refractivity contribution is 7.03. The number of nitrogens with one attached hydrogen (secondary N) is 1. The highest BCUT2D eigenvalue weighted by Crippen LogP contribution is 2.14. The summed E-state index contributed by atoms with van der Waals surface area (Å²) in [7, 11) is 0. The van der Waals surface area contributed by atoms with Crippen molar-refractivity contribution in [1.82, 2.24) is 9.59 Å². The molecule has 0 fully saturated rings. The van der Waals surface area contributed by atoms with Gasteiger partial charge >= 0.3 is 0 Å². The molecule has 2 rings (SSSR count). The molecule has 1 heterocycles. The first kappa shape index (κ1) is 10.0. The van der Waals surface area contributed by atoms with E-state index in [-0.39, 0.29) is 5.82 Å². The average molecular weight is 223 g/mol. The number of nitrogens with zero attached hydrogens (tertiary/aromatic N) is 2. The molecule has 1 aromatic carbocycles. The van der Waals surface area contributed by atoms with E-state index in [1.54, 1.807) is 19.1 Å². The predicted octanol–water partition coefficient (Wildman–Crippen LogP) is 2.60. The molecule has 0 unspecified atom stereocenters. The van der Waals surface area contributed by atoms with Gasteiger partial charge in [0, 0.05) is 11.1 Å². The number of hydrogen-bond acceptors (Lipinski definition) is 4. The summed E-state index contributed by atoms with van der Waals surface area (Å²) in [6.07, 6.45) is 0. The van der Waals surface area contributed by atoms with Crippen molar-refractivity contribution in [3.63, 3.8) is 0 Å². The second kappa shape index (κ2) is 4.35. The normalized spacial score (nSPS) is 10.3. The van der Waals surface area contributed by atoms with Crippen molar-refractivity contribution in [2.24, 2.45) is 0 Å². The summed E-state index contributed by atoms with van der Waals surface area (Å²) in [6.45, 7) is 2.35. The van der Waals surface area contributed by atoms with Crippen LogP contribution in [0.3, 0.4) is 0 Å². The minimum atomic E-state index is -0.184. The van der Waals surface area contributed by atoms with Gasteiger partial charge in [-0.05, 0) is 42.2 Å². The second-order valence-corrected chi connectivity index (χ2v) is 3.82. The molecule has 0 aliphatic heterocycles. The Morgan fingerprint density at radius 2 is 2.33 bits per heavy atom. The zero-order valence-corrected chi connectivity index (χ0v) is 9.01. The van der Waals surface area contributed by atoms with Crippen molar-refractivity contribution in [2.75, 3.05) is 5.32 Å². The van der Waals surface area contributed by atoms with Crippen molar-refractivity contribution in [2.45, 2.75) is 13.5 Å². The fraction of sp³-hybridized carbons (Fsp3) is 0.200. The minimum Gasteiger partial charge on any atom is -0.379 e. The zero-order chi connectivity index (χ0) is 10.7. The molecule has 3 nitrogen and oxygen atoms in total. The topological polar surface area (TPSA) is 37.8 Å². The average Bonchev–Trinajstić information content (AvgIpc) is 2.73.